The number of nitrogens with one attached hydrogen (secondary N) is 1. The standard InChI is InChI=1S/C44H81NO12S/c1-3-5-7-9-11-13-15-17-19-21-23-25-27-29-31-33-38(48)43(51)45-36(35-55-44-41(50)42(57-58(52,53)54)40(49)39(34-46)56-44)37(47)32-30-28-26-24-22-20-18-16-14-12-10-8-6-4-2/h14,16,22,24,30,32,36-42,44,46-50H,3-13,15,17-21,23,25-29,31,33-35H2,1-2H3,(H,45,51)(H,52,53,54)/b16-14+,24-22+,32-30+. The predicted octanol–water partition coefficient (Wildman–Crippen LogP) is 7.30. The first-order chi connectivity index (χ1) is 27.9. The van der Waals surface area contributed by atoms with Crippen LogP contribution in [0.4, 0.5) is 0 Å². The molecule has 0 aromatic heterocycles. The summed E-state index contributed by atoms with van der Waals surface area (Å²) in [5.41, 5.74) is 0. The fraction of sp³-hybridized carbons (Fsp3) is 0.841. The van der Waals surface area contributed by atoms with Gasteiger partial charge in [0.1, 0.15) is 30.5 Å². The number of aliphatic hydroxyl groups is 5. The molecule has 0 aromatic carbocycles. The van der Waals surface area contributed by atoms with Crippen molar-refractivity contribution in [3.05, 3.63) is 36.5 Å². The summed E-state index contributed by atoms with van der Waals surface area (Å²) in [4.78, 5) is 13.1. The molecule has 0 radical (unpaired) electrons. The summed E-state index contributed by atoms with van der Waals surface area (Å²) in [7, 11) is -5.12. The van der Waals surface area contributed by atoms with Crippen LogP contribution in [-0.4, -0.2) is 107 Å². The number of carbonyl (C=O) groups is 1. The van der Waals surface area contributed by atoms with E-state index in [9.17, 15) is 38.7 Å². The summed E-state index contributed by atoms with van der Waals surface area (Å²) in [6.45, 7) is 3.16. The third-order valence-corrected chi connectivity index (χ3v) is 11.0. The fourth-order valence-electron chi connectivity index (χ4n) is 6.90. The Morgan fingerprint density at radius 3 is 1.66 bits per heavy atom. The molecule has 340 valence electrons. The van der Waals surface area contributed by atoms with Crippen LogP contribution in [0.3, 0.4) is 0 Å². The number of hydrogen-bond donors (Lipinski definition) is 7. The second-order valence-corrected chi connectivity index (χ2v) is 16.8. The van der Waals surface area contributed by atoms with E-state index in [1.54, 1.807) is 6.08 Å². The number of unbranched alkanes of at least 4 members (excludes halogenated alkanes) is 20. The number of ether oxygens (including phenoxy) is 2. The average molecular weight is 848 g/mol. The lowest BCUT2D eigenvalue weighted by Gasteiger charge is -2.41. The zero-order chi connectivity index (χ0) is 42.9. The molecule has 7 N–H and O–H groups in total. The van der Waals surface area contributed by atoms with Crippen molar-refractivity contribution in [1.29, 1.82) is 0 Å². The number of rotatable bonds is 37. The quantitative estimate of drug-likeness (QED) is 0.0187. The summed E-state index contributed by atoms with van der Waals surface area (Å²) in [5.74, 6) is -0.717. The number of aliphatic hydroxyl groups excluding tert-OH is 5. The van der Waals surface area contributed by atoms with Crippen molar-refractivity contribution in [2.45, 2.75) is 223 Å². The SMILES string of the molecule is CCCCCC/C=C/CC/C=C/CC/C=C/C(O)C(COC1OC(CO)C(O)C(OS(=O)(=O)O)C1O)NC(=O)C(O)CCCCCCCCCCCCCCCCC. The van der Waals surface area contributed by atoms with Crippen molar-refractivity contribution in [3.8, 4) is 0 Å². The van der Waals surface area contributed by atoms with Gasteiger partial charge in [0.05, 0.1) is 25.4 Å². The van der Waals surface area contributed by atoms with Crippen LogP contribution in [0.1, 0.15) is 174 Å². The maximum Gasteiger partial charge on any atom is 0.397 e. The van der Waals surface area contributed by atoms with Gasteiger partial charge in [-0.15, -0.1) is 0 Å². The summed E-state index contributed by atoms with van der Waals surface area (Å²) >= 11 is 0. The van der Waals surface area contributed by atoms with Gasteiger partial charge in [-0.1, -0.05) is 166 Å². The lowest BCUT2D eigenvalue weighted by Crippen LogP contribution is -2.61. The summed E-state index contributed by atoms with van der Waals surface area (Å²) in [5, 5.41) is 55.1. The molecule has 8 unspecified atom stereocenters. The van der Waals surface area contributed by atoms with Gasteiger partial charge < -0.3 is 40.3 Å². The van der Waals surface area contributed by atoms with Crippen molar-refractivity contribution in [1.82, 2.24) is 5.32 Å². The zero-order valence-corrected chi connectivity index (χ0v) is 36.5. The van der Waals surface area contributed by atoms with Crippen molar-refractivity contribution in [3.63, 3.8) is 0 Å². The van der Waals surface area contributed by atoms with Gasteiger partial charge in [0.15, 0.2) is 6.29 Å². The molecular formula is C44H81NO12S. The average Bonchev–Trinajstić information content (AvgIpc) is 3.19. The van der Waals surface area contributed by atoms with Crippen molar-refractivity contribution in [2.75, 3.05) is 13.2 Å². The molecule has 58 heavy (non-hydrogen) atoms. The molecule has 14 heteroatoms. The van der Waals surface area contributed by atoms with Crippen LogP contribution < -0.4 is 5.32 Å². The highest BCUT2D eigenvalue weighted by Gasteiger charge is 2.48. The molecule has 0 spiro atoms. The van der Waals surface area contributed by atoms with E-state index in [1.807, 2.05) is 0 Å². The Kier molecular flexibility index (Phi) is 32.7. The third kappa shape index (κ3) is 27.2. The second-order valence-electron chi connectivity index (χ2n) is 15.8. The minimum absolute atomic E-state index is 0.236. The molecule has 1 fully saturated rings. The third-order valence-electron chi connectivity index (χ3n) is 10.5. The van der Waals surface area contributed by atoms with Gasteiger partial charge in [0.2, 0.25) is 5.91 Å². The van der Waals surface area contributed by atoms with Crippen molar-refractivity contribution < 1.29 is 57.0 Å². The number of allylic oxidation sites excluding steroid dienone is 5. The highest BCUT2D eigenvalue weighted by Crippen LogP contribution is 2.26. The Morgan fingerprint density at radius 1 is 0.690 bits per heavy atom. The van der Waals surface area contributed by atoms with Gasteiger partial charge in [-0.3, -0.25) is 9.35 Å². The van der Waals surface area contributed by atoms with Crippen LogP contribution in [-0.2, 0) is 28.9 Å². The van der Waals surface area contributed by atoms with Gasteiger partial charge >= 0.3 is 10.4 Å². The van der Waals surface area contributed by atoms with Crippen LogP contribution in [0.2, 0.25) is 0 Å². The number of amides is 1. The molecular weight excluding hydrogens is 767 g/mol. The van der Waals surface area contributed by atoms with E-state index in [4.69, 9.17) is 14.0 Å². The van der Waals surface area contributed by atoms with E-state index in [0.717, 1.165) is 44.9 Å². The highest BCUT2D eigenvalue weighted by atomic mass is 32.3. The molecule has 1 aliphatic rings. The zero-order valence-electron chi connectivity index (χ0n) is 35.7. The first kappa shape index (κ1) is 54.3. The molecule has 1 heterocycles. The van der Waals surface area contributed by atoms with E-state index in [-0.39, 0.29) is 6.42 Å². The molecule has 0 bridgehead atoms. The van der Waals surface area contributed by atoms with Crippen LogP contribution in [0.15, 0.2) is 36.5 Å². The summed E-state index contributed by atoms with van der Waals surface area (Å²) < 4.78 is 47.4. The smallest absolute Gasteiger partial charge is 0.394 e. The first-order valence-corrected chi connectivity index (χ1v) is 23.8. The lowest BCUT2D eigenvalue weighted by atomic mass is 9.99. The first-order valence-electron chi connectivity index (χ1n) is 22.5. The summed E-state index contributed by atoms with van der Waals surface area (Å²) in [6.07, 6.45) is 28.0. The minimum Gasteiger partial charge on any atom is -0.394 e. The fourth-order valence-corrected chi connectivity index (χ4v) is 7.41. The molecule has 0 aromatic rings. The van der Waals surface area contributed by atoms with Crippen LogP contribution in [0.25, 0.3) is 0 Å². The monoisotopic (exact) mass is 848 g/mol. The van der Waals surface area contributed by atoms with Crippen molar-refractivity contribution in [2.24, 2.45) is 0 Å². The molecule has 13 nitrogen and oxygen atoms in total. The molecule has 8 atom stereocenters. The molecule has 1 saturated heterocycles. The van der Waals surface area contributed by atoms with Gasteiger partial charge in [0.25, 0.3) is 0 Å². The van der Waals surface area contributed by atoms with E-state index in [0.29, 0.717) is 12.8 Å². The van der Waals surface area contributed by atoms with Gasteiger partial charge in [-0.2, -0.15) is 8.42 Å². The van der Waals surface area contributed by atoms with Crippen LogP contribution in [0.5, 0.6) is 0 Å². The van der Waals surface area contributed by atoms with E-state index < -0.39 is 78.5 Å². The maximum atomic E-state index is 13.1. The van der Waals surface area contributed by atoms with Gasteiger partial charge in [-0.25, -0.2) is 4.18 Å². The van der Waals surface area contributed by atoms with Gasteiger partial charge in [0, 0.05) is 0 Å². The molecule has 0 aliphatic carbocycles. The van der Waals surface area contributed by atoms with Crippen LogP contribution in [0, 0.1) is 0 Å². The molecule has 1 amide bonds. The van der Waals surface area contributed by atoms with E-state index in [1.165, 1.54) is 102 Å². The predicted molar refractivity (Wildman–Crippen MR) is 228 cm³/mol. The second kappa shape index (κ2) is 34.9. The van der Waals surface area contributed by atoms with E-state index in [2.05, 4.69) is 47.7 Å². The van der Waals surface area contributed by atoms with Gasteiger partial charge in [-0.05, 0) is 44.9 Å². The highest BCUT2D eigenvalue weighted by molar-refractivity contribution is 7.80. The molecule has 0 saturated carbocycles. The maximum absolute atomic E-state index is 13.1. The summed E-state index contributed by atoms with van der Waals surface area (Å²) in [6, 6.07) is -1.14. The molecule has 1 rings (SSSR count). The number of carbonyl (C=O) groups excluding carboxylic acids is 1. The van der Waals surface area contributed by atoms with Crippen molar-refractivity contribution >= 4 is 16.3 Å². The topological polar surface area (TPSA) is 212 Å². The number of hydrogen-bond acceptors (Lipinski definition) is 11. The Bertz CT molecular complexity index is 1200. The Morgan fingerprint density at radius 2 is 1.16 bits per heavy atom. The minimum atomic E-state index is -5.12. The molecule has 1 aliphatic heterocycles. The Hall–Kier alpha value is -1.72. The van der Waals surface area contributed by atoms with Crippen LogP contribution >= 0.6 is 0 Å². The normalized spacial score (nSPS) is 22.0. The largest absolute Gasteiger partial charge is 0.397 e. The Balaban J connectivity index is 2.64. The lowest BCUT2D eigenvalue weighted by molar-refractivity contribution is -0.298. The van der Waals surface area contributed by atoms with E-state index >= 15 is 0 Å². The Labute approximate surface area is 350 Å².